The topological polar surface area (TPSA) is 35.5 Å². The summed E-state index contributed by atoms with van der Waals surface area (Å²) in [6.07, 6.45) is -0.421. The molecule has 1 aliphatic heterocycles. The van der Waals surface area contributed by atoms with Crippen molar-refractivity contribution in [3.8, 4) is 0 Å². The number of rotatable bonds is 4. The highest BCUT2D eigenvalue weighted by Gasteiger charge is 2.42. The Morgan fingerprint density at radius 1 is 1.00 bits per heavy atom. The molecule has 4 heteroatoms. The first kappa shape index (κ1) is 16.4. The van der Waals surface area contributed by atoms with Crippen molar-refractivity contribution in [2.45, 2.75) is 43.7 Å². The Kier molecular flexibility index (Phi) is 4.67. The van der Waals surface area contributed by atoms with Gasteiger partial charge in [0.1, 0.15) is 12.2 Å². The van der Waals surface area contributed by atoms with Crippen LogP contribution in [0.25, 0.3) is 0 Å². The highest BCUT2D eigenvalue weighted by atomic mass is 32.2. The summed E-state index contributed by atoms with van der Waals surface area (Å²) in [4.78, 5) is 0.829. The normalized spacial score (nSPS) is 24.5. The molecule has 122 valence electrons. The molecule has 1 saturated heterocycles. The van der Waals surface area contributed by atoms with Gasteiger partial charge in [0.15, 0.2) is 5.79 Å². The average Bonchev–Trinajstić information content (AvgIpc) is 2.83. The van der Waals surface area contributed by atoms with Crippen LogP contribution in [0.15, 0.2) is 59.5 Å². The summed E-state index contributed by atoms with van der Waals surface area (Å²) in [7, 11) is -1.11. The van der Waals surface area contributed by atoms with E-state index in [1.165, 1.54) is 0 Å². The van der Waals surface area contributed by atoms with Gasteiger partial charge < -0.3 is 9.47 Å². The molecule has 0 amide bonds. The summed E-state index contributed by atoms with van der Waals surface area (Å²) in [6, 6.07) is 17.8. The van der Waals surface area contributed by atoms with Gasteiger partial charge in [-0.05, 0) is 38.5 Å². The maximum atomic E-state index is 12.7. The number of hydrogen-bond donors (Lipinski definition) is 0. The molecule has 0 radical (unpaired) electrons. The Hall–Kier alpha value is -1.49. The highest BCUT2D eigenvalue weighted by molar-refractivity contribution is 7.85. The molecule has 2 aromatic carbocycles. The molecule has 1 heterocycles. The van der Waals surface area contributed by atoms with E-state index in [4.69, 9.17) is 9.47 Å². The standard InChI is InChI=1S/C19H22O3S/c1-14-9-11-16(12-10-14)23(20)13-17-18(22-19(2,3)21-17)15-7-5-4-6-8-15/h4-12,17-18H,13H2,1-3H3/t17-,18-,23?/m1/s1. The van der Waals surface area contributed by atoms with Crippen molar-refractivity contribution in [1.29, 1.82) is 0 Å². The Balaban J connectivity index is 1.79. The van der Waals surface area contributed by atoms with Crippen LogP contribution in [-0.2, 0) is 20.3 Å². The van der Waals surface area contributed by atoms with E-state index in [0.29, 0.717) is 5.75 Å². The Morgan fingerprint density at radius 2 is 1.65 bits per heavy atom. The second kappa shape index (κ2) is 6.56. The molecule has 3 atom stereocenters. The Bertz CT molecular complexity index is 680. The fourth-order valence-corrected chi connectivity index (χ4v) is 3.99. The zero-order chi connectivity index (χ0) is 16.4. The fourth-order valence-electron chi connectivity index (χ4n) is 2.82. The number of benzene rings is 2. The lowest BCUT2D eigenvalue weighted by atomic mass is 10.1. The average molecular weight is 330 g/mol. The van der Waals surface area contributed by atoms with Gasteiger partial charge in [0, 0.05) is 4.90 Å². The summed E-state index contributed by atoms with van der Waals surface area (Å²) < 4.78 is 24.7. The van der Waals surface area contributed by atoms with Crippen LogP contribution in [0.4, 0.5) is 0 Å². The SMILES string of the molecule is Cc1ccc(S(=O)C[C@H]2OC(C)(C)O[C@@H]2c2ccccc2)cc1. The van der Waals surface area contributed by atoms with Crippen molar-refractivity contribution in [1.82, 2.24) is 0 Å². The van der Waals surface area contributed by atoms with Gasteiger partial charge in [0.05, 0.1) is 16.6 Å². The summed E-state index contributed by atoms with van der Waals surface area (Å²) in [5.41, 5.74) is 2.22. The minimum atomic E-state index is -1.11. The first-order valence-corrected chi connectivity index (χ1v) is 9.12. The summed E-state index contributed by atoms with van der Waals surface area (Å²) in [5.74, 6) is -0.241. The van der Waals surface area contributed by atoms with Crippen molar-refractivity contribution in [2.24, 2.45) is 0 Å². The van der Waals surface area contributed by atoms with Crippen LogP contribution in [0.2, 0.25) is 0 Å². The molecular formula is C19H22O3S. The van der Waals surface area contributed by atoms with Gasteiger partial charge in [-0.15, -0.1) is 0 Å². The second-order valence-electron chi connectivity index (χ2n) is 6.33. The van der Waals surface area contributed by atoms with Gasteiger partial charge in [-0.1, -0.05) is 48.0 Å². The lowest BCUT2D eigenvalue weighted by Crippen LogP contribution is -2.25. The van der Waals surface area contributed by atoms with E-state index in [-0.39, 0.29) is 12.2 Å². The third kappa shape index (κ3) is 3.89. The minimum Gasteiger partial charge on any atom is -0.343 e. The van der Waals surface area contributed by atoms with Crippen LogP contribution in [-0.4, -0.2) is 21.9 Å². The van der Waals surface area contributed by atoms with Crippen molar-refractivity contribution < 1.29 is 13.7 Å². The zero-order valence-corrected chi connectivity index (χ0v) is 14.5. The molecule has 1 unspecified atom stereocenters. The molecule has 0 N–H and O–H groups in total. The minimum absolute atomic E-state index is 0.194. The van der Waals surface area contributed by atoms with E-state index in [0.717, 1.165) is 16.0 Å². The van der Waals surface area contributed by atoms with Crippen molar-refractivity contribution in [3.05, 3.63) is 65.7 Å². The first-order valence-electron chi connectivity index (χ1n) is 7.80. The quantitative estimate of drug-likeness (QED) is 0.850. The molecule has 0 saturated carbocycles. The van der Waals surface area contributed by atoms with Gasteiger partial charge in [-0.2, -0.15) is 0 Å². The largest absolute Gasteiger partial charge is 0.343 e. The van der Waals surface area contributed by atoms with Crippen LogP contribution in [0, 0.1) is 6.92 Å². The number of ether oxygens (including phenoxy) is 2. The molecule has 0 spiro atoms. The van der Waals surface area contributed by atoms with E-state index in [2.05, 4.69) is 0 Å². The smallest absolute Gasteiger partial charge is 0.164 e. The first-order chi connectivity index (χ1) is 10.9. The van der Waals surface area contributed by atoms with Gasteiger partial charge >= 0.3 is 0 Å². The molecule has 2 aromatic rings. The summed E-state index contributed by atoms with van der Waals surface area (Å²) in [6.45, 7) is 5.82. The van der Waals surface area contributed by atoms with Crippen LogP contribution in [0.3, 0.4) is 0 Å². The molecule has 0 bridgehead atoms. The van der Waals surface area contributed by atoms with E-state index >= 15 is 0 Å². The summed E-state index contributed by atoms with van der Waals surface area (Å²) >= 11 is 0. The number of aryl methyl sites for hydroxylation is 1. The molecule has 0 aliphatic carbocycles. The predicted molar refractivity (Wildman–Crippen MR) is 91.7 cm³/mol. The Morgan fingerprint density at radius 3 is 2.30 bits per heavy atom. The molecule has 3 nitrogen and oxygen atoms in total. The molecule has 1 fully saturated rings. The van der Waals surface area contributed by atoms with Gasteiger partial charge in [0.2, 0.25) is 0 Å². The Labute approximate surface area is 140 Å². The highest BCUT2D eigenvalue weighted by Crippen LogP contribution is 2.38. The predicted octanol–water partition coefficient (Wildman–Crippen LogP) is 4.00. The van der Waals surface area contributed by atoms with E-state index in [9.17, 15) is 4.21 Å². The monoisotopic (exact) mass is 330 g/mol. The van der Waals surface area contributed by atoms with Gasteiger partial charge in [-0.3, -0.25) is 4.21 Å². The zero-order valence-electron chi connectivity index (χ0n) is 13.7. The molecular weight excluding hydrogens is 308 g/mol. The van der Waals surface area contributed by atoms with Gasteiger partial charge in [0.25, 0.3) is 0 Å². The van der Waals surface area contributed by atoms with E-state index < -0.39 is 16.6 Å². The third-order valence-electron chi connectivity index (χ3n) is 3.91. The molecule has 23 heavy (non-hydrogen) atoms. The van der Waals surface area contributed by atoms with Crippen LogP contribution < -0.4 is 0 Å². The molecule has 3 rings (SSSR count). The van der Waals surface area contributed by atoms with E-state index in [1.54, 1.807) is 0 Å². The molecule has 0 aromatic heterocycles. The van der Waals surface area contributed by atoms with Crippen molar-refractivity contribution in [3.63, 3.8) is 0 Å². The third-order valence-corrected chi connectivity index (χ3v) is 5.34. The maximum Gasteiger partial charge on any atom is 0.164 e. The van der Waals surface area contributed by atoms with Gasteiger partial charge in [-0.25, -0.2) is 0 Å². The van der Waals surface area contributed by atoms with Crippen LogP contribution >= 0.6 is 0 Å². The van der Waals surface area contributed by atoms with E-state index in [1.807, 2.05) is 75.4 Å². The van der Waals surface area contributed by atoms with Crippen LogP contribution in [0.1, 0.15) is 31.1 Å². The lowest BCUT2D eigenvalue weighted by Gasteiger charge is -2.17. The summed E-state index contributed by atoms with van der Waals surface area (Å²) in [5, 5.41) is 0. The number of hydrogen-bond acceptors (Lipinski definition) is 3. The maximum absolute atomic E-state index is 12.7. The fraction of sp³-hybridized carbons (Fsp3) is 0.368. The van der Waals surface area contributed by atoms with Crippen molar-refractivity contribution in [2.75, 3.05) is 5.75 Å². The molecule has 1 aliphatic rings. The second-order valence-corrected chi connectivity index (χ2v) is 7.83. The lowest BCUT2D eigenvalue weighted by molar-refractivity contribution is -0.145. The van der Waals surface area contributed by atoms with Crippen molar-refractivity contribution >= 4 is 10.8 Å². The van der Waals surface area contributed by atoms with Crippen LogP contribution in [0.5, 0.6) is 0 Å².